The highest BCUT2D eigenvalue weighted by atomic mass is 19.1. The maximum atomic E-state index is 13.3. The molecule has 1 saturated heterocycles. The fourth-order valence-electron chi connectivity index (χ4n) is 4.46. The Morgan fingerprint density at radius 1 is 1.23 bits per heavy atom. The van der Waals surface area contributed by atoms with Gasteiger partial charge in [0.25, 0.3) is 0 Å². The van der Waals surface area contributed by atoms with Gasteiger partial charge in [0.1, 0.15) is 5.82 Å². The predicted molar refractivity (Wildman–Crippen MR) is 113 cm³/mol. The molecule has 7 heteroatoms. The van der Waals surface area contributed by atoms with Crippen molar-refractivity contribution in [1.29, 1.82) is 0 Å². The van der Waals surface area contributed by atoms with Gasteiger partial charge in [0.2, 0.25) is 11.9 Å². The van der Waals surface area contributed by atoms with Crippen molar-refractivity contribution >= 4 is 28.8 Å². The summed E-state index contributed by atoms with van der Waals surface area (Å²) in [5, 5.41) is 3.68. The number of hydrogen-bond acceptors (Lipinski definition) is 5. The number of piperidine rings is 1. The third-order valence-electron chi connectivity index (χ3n) is 6.07. The molecule has 1 aliphatic carbocycles. The molecule has 2 aliphatic rings. The van der Waals surface area contributed by atoms with E-state index in [1.165, 1.54) is 12.1 Å². The number of carbonyl (C=O) groups excluding carboxylic acids is 1. The molecule has 1 saturated carbocycles. The minimum absolute atomic E-state index is 0.0766. The number of fused-ring (bicyclic) bond motifs is 2. The molecule has 3 aromatic rings. The van der Waals surface area contributed by atoms with Crippen LogP contribution in [0.4, 0.5) is 10.3 Å². The van der Waals surface area contributed by atoms with Crippen LogP contribution < -0.4 is 10.2 Å². The zero-order valence-corrected chi connectivity index (χ0v) is 16.4. The van der Waals surface area contributed by atoms with Crippen molar-refractivity contribution in [3.8, 4) is 0 Å². The third kappa shape index (κ3) is 3.87. The minimum atomic E-state index is -0.274. The largest absolute Gasteiger partial charge is 0.353 e. The van der Waals surface area contributed by atoms with Crippen molar-refractivity contribution in [1.82, 2.24) is 20.3 Å². The number of hydrogen-bond donors (Lipinski definition) is 1. The number of pyridine rings is 1. The number of amides is 1. The molecule has 2 fully saturated rings. The molecule has 6 nitrogen and oxygen atoms in total. The second-order valence-electron chi connectivity index (χ2n) is 7.97. The van der Waals surface area contributed by atoms with E-state index in [0.717, 1.165) is 30.6 Å². The van der Waals surface area contributed by atoms with Crippen LogP contribution >= 0.6 is 0 Å². The first-order valence-electron chi connectivity index (χ1n) is 10.2. The van der Waals surface area contributed by atoms with E-state index in [0.29, 0.717) is 35.6 Å². The first kappa shape index (κ1) is 18.7. The lowest BCUT2D eigenvalue weighted by molar-refractivity contribution is -0.116. The van der Waals surface area contributed by atoms with Gasteiger partial charge in [-0.1, -0.05) is 6.07 Å². The fraction of sp³-hybridized carbons (Fsp3) is 0.304. The molecule has 0 bridgehead atoms. The van der Waals surface area contributed by atoms with Crippen molar-refractivity contribution in [2.45, 2.75) is 6.42 Å². The van der Waals surface area contributed by atoms with Crippen molar-refractivity contribution < 1.29 is 9.18 Å². The SMILES string of the molecule is O=C(/C=C/c1cccnc1)NCCC1C2CN(c3ncc4cc(F)ccc4n3)CC12. The number of halogens is 1. The van der Waals surface area contributed by atoms with E-state index >= 15 is 0 Å². The minimum Gasteiger partial charge on any atom is -0.353 e. The van der Waals surface area contributed by atoms with E-state index in [9.17, 15) is 9.18 Å². The van der Waals surface area contributed by atoms with Gasteiger partial charge in [0, 0.05) is 49.7 Å². The monoisotopic (exact) mass is 403 g/mol. The van der Waals surface area contributed by atoms with E-state index in [-0.39, 0.29) is 11.7 Å². The molecule has 152 valence electrons. The highest BCUT2D eigenvalue weighted by Gasteiger charge is 2.55. The van der Waals surface area contributed by atoms with Crippen LogP contribution in [-0.2, 0) is 4.79 Å². The van der Waals surface area contributed by atoms with E-state index in [1.54, 1.807) is 36.8 Å². The molecular formula is C23H22FN5O. The van der Waals surface area contributed by atoms with Crippen LogP contribution in [0, 0.1) is 23.6 Å². The van der Waals surface area contributed by atoms with Gasteiger partial charge in [0.05, 0.1) is 5.52 Å². The number of rotatable bonds is 6. The van der Waals surface area contributed by atoms with Gasteiger partial charge < -0.3 is 10.2 Å². The molecule has 1 aliphatic heterocycles. The second-order valence-corrected chi connectivity index (χ2v) is 7.97. The first-order chi connectivity index (χ1) is 14.7. The second kappa shape index (κ2) is 7.82. The molecule has 3 heterocycles. The van der Waals surface area contributed by atoms with Gasteiger partial charge in [-0.2, -0.15) is 0 Å². The smallest absolute Gasteiger partial charge is 0.244 e. The lowest BCUT2D eigenvalue weighted by Crippen LogP contribution is -2.27. The highest BCUT2D eigenvalue weighted by Crippen LogP contribution is 2.53. The molecule has 0 radical (unpaired) electrons. The summed E-state index contributed by atoms with van der Waals surface area (Å²) in [6.45, 7) is 2.57. The Balaban J connectivity index is 1.08. The molecule has 30 heavy (non-hydrogen) atoms. The molecule has 1 N–H and O–H groups in total. The van der Waals surface area contributed by atoms with Crippen LogP contribution in [0.25, 0.3) is 17.0 Å². The van der Waals surface area contributed by atoms with Crippen molar-refractivity contribution in [2.75, 3.05) is 24.5 Å². The summed E-state index contributed by atoms with van der Waals surface area (Å²) in [6, 6.07) is 8.33. The van der Waals surface area contributed by atoms with E-state index in [2.05, 4.69) is 25.2 Å². The number of carbonyl (C=O) groups is 1. The molecule has 5 rings (SSSR count). The van der Waals surface area contributed by atoms with Gasteiger partial charge in [-0.05, 0) is 60.1 Å². The average molecular weight is 403 g/mol. The maximum absolute atomic E-state index is 13.3. The summed E-state index contributed by atoms with van der Waals surface area (Å²) in [4.78, 5) is 27.2. The van der Waals surface area contributed by atoms with Gasteiger partial charge in [0.15, 0.2) is 0 Å². The van der Waals surface area contributed by atoms with Gasteiger partial charge in [-0.25, -0.2) is 14.4 Å². The topological polar surface area (TPSA) is 71.0 Å². The Hall–Kier alpha value is -3.35. The number of nitrogens with zero attached hydrogens (tertiary/aromatic N) is 4. The number of aromatic nitrogens is 3. The zero-order chi connectivity index (χ0) is 20.5. The van der Waals surface area contributed by atoms with Gasteiger partial charge in [-0.15, -0.1) is 0 Å². The quantitative estimate of drug-likeness (QED) is 0.641. The summed E-state index contributed by atoms with van der Waals surface area (Å²) in [5.74, 6) is 2.30. The molecule has 2 unspecified atom stereocenters. The summed E-state index contributed by atoms with van der Waals surface area (Å²) in [6.07, 6.45) is 9.43. The lowest BCUT2D eigenvalue weighted by Gasteiger charge is -2.20. The molecular weight excluding hydrogens is 381 g/mol. The predicted octanol–water partition coefficient (Wildman–Crippen LogP) is 3.07. The molecule has 1 amide bonds. The standard InChI is InChI=1S/C23H22FN5O/c24-17-4-5-21-16(10-17)12-27-23(28-21)29-13-19-18(20(19)14-29)7-9-26-22(30)6-3-15-2-1-8-25-11-15/h1-6,8,10-12,18-20H,7,9,13-14H2,(H,26,30)/b6-3+. The van der Waals surface area contributed by atoms with Crippen LogP contribution in [0.2, 0.25) is 0 Å². The van der Waals surface area contributed by atoms with Crippen molar-refractivity contribution in [2.24, 2.45) is 17.8 Å². The normalized spacial score (nSPS) is 22.4. The summed E-state index contributed by atoms with van der Waals surface area (Å²) < 4.78 is 13.3. The number of nitrogens with one attached hydrogen (secondary N) is 1. The fourth-order valence-corrected chi connectivity index (χ4v) is 4.46. The Morgan fingerprint density at radius 2 is 2.10 bits per heavy atom. The van der Waals surface area contributed by atoms with Crippen molar-refractivity contribution in [3.63, 3.8) is 0 Å². The zero-order valence-electron chi connectivity index (χ0n) is 16.4. The molecule has 1 aromatic carbocycles. The molecule has 0 spiro atoms. The Kier molecular flexibility index (Phi) is 4.86. The number of anilines is 1. The van der Waals surface area contributed by atoms with E-state index < -0.39 is 0 Å². The first-order valence-corrected chi connectivity index (χ1v) is 10.2. The number of benzene rings is 1. The Labute approximate surface area is 173 Å². The van der Waals surface area contributed by atoms with Crippen LogP contribution in [0.5, 0.6) is 0 Å². The van der Waals surface area contributed by atoms with Crippen LogP contribution in [-0.4, -0.2) is 40.5 Å². The Bertz CT molecular complexity index is 1090. The van der Waals surface area contributed by atoms with Gasteiger partial charge >= 0.3 is 0 Å². The molecule has 2 aromatic heterocycles. The maximum Gasteiger partial charge on any atom is 0.244 e. The summed E-state index contributed by atoms with van der Waals surface area (Å²) in [7, 11) is 0. The lowest BCUT2D eigenvalue weighted by atomic mass is 10.2. The van der Waals surface area contributed by atoms with Gasteiger partial charge in [-0.3, -0.25) is 9.78 Å². The highest BCUT2D eigenvalue weighted by molar-refractivity contribution is 5.91. The van der Waals surface area contributed by atoms with Crippen molar-refractivity contribution in [3.05, 3.63) is 66.4 Å². The van der Waals surface area contributed by atoms with E-state index in [1.807, 2.05) is 12.1 Å². The average Bonchev–Trinajstić information content (AvgIpc) is 3.21. The summed E-state index contributed by atoms with van der Waals surface area (Å²) >= 11 is 0. The molecule has 2 atom stereocenters. The Morgan fingerprint density at radius 3 is 2.90 bits per heavy atom. The van der Waals surface area contributed by atoms with Crippen LogP contribution in [0.3, 0.4) is 0 Å². The summed E-state index contributed by atoms with van der Waals surface area (Å²) in [5.41, 5.74) is 1.67. The van der Waals surface area contributed by atoms with Crippen LogP contribution in [0.15, 0.2) is 55.0 Å². The van der Waals surface area contributed by atoms with E-state index in [4.69, 9.17) is 0 Å². The third-order valence-corrected chi connectivity index (χ3v) is 6.07. The van der Waals surface area contributed by atoms with Crippen LogP contribution in [0.1, 0.15) is 12.0 Å².